The topological polar surface area (TPSA) is 23.5 Å². The summed E-state index contributed by atoms with van der Waals surface area (Å²) in [5, 5.41) is 10.6. The van der Waals surface area contributed by atoms with E-state index >= 15 is 0 Å². The Labute approximate surface area is 83.9 Å². The van der Waals surface area contributed by atoms with E-state index in [0.29, 0.717) is 19.5 Å². The highest BCUT2D eigenvalue weighted by atomic mass is 19.1. The first kappa shape index (κ1) is 11.1. The molecule has 0 spiro atoms. The number of hydroxylamine groups is 2. The largest absolute Gasteiger partial charge is 0.314 e. The van der Waals surface area contributed by atoms with Crippen molar-refractivity contribution in [1.82, 2.24) is 5.06 Å². The molecule has 3 heteroatoms. The third-order valence-electron chi connectivity index (χ3n) is 2.03. The van der Waals surface area contributed by atoms with E-state index in [0.717, 1.165) is 12.0 Å². The van der Waals surface area contributed by atoms with Gasteiger partial charge in [-0.15, -0.1) is 0 Å². The van der Waals surface area contributed by atoms with Gasteiger partial charge in [-0.1, -0.05) is 19.1 Å². The fourth-order valence-corrected chi connectivity index (χ4v) is 1.32. The second-order valence-corrected chi connectivity index (χ2v) is 3.33. The van der Waals surface area contributed by atoms with Crippen LogP contribution < -0.4 is 0 Å². The summed E-state index contributed by atoms with van der Waals surface area (Å²) >= 11 is 0. The van der Waals surface area contributed by atoms with Crippen molar-refractivity contribution in [3.05, 3.63) is 35.6 Å². The van der Waals surface area contributed by atoms with Crippen LogP contribution in [0.2, 0.25) is 0 Å². The minimum Gasteiger partial charge on any atom is -0.314 e. The maximum absolute atomic E-state index is 12.8. The van der Waals surface area contributed by atoms with Crippen LogP contribution in [0.4, 0.5) is 4.39 Å². The van der Waals surface area contributed by atoms with Crippen LogP contribution in [0.5, 0.6) is 0 Å². The van der Waals surface area contributed by atoms with Crippen molar-refractivity contribution in [2.24, 2.45) is 0 Å². The van der Waals surface area contributed by atoms with E-state index in [9.17, 15) is 9.60 Å². The van der Waals surface area contributed by atoms with Crippen LogP contribution in [0.3, 0.4) is 0 Å². The maximum atomic E-state index is 12.8. The Bertz CT molecular complexity index is 278. The molecule has 0 radical (unpaired) electrons. The number of rotatable bonds is 5. The van der Waals surface area contributed by atoms with Gasteiger partial charge in [0.2, 0.25) is 0 Å². The average molecular weight is 197 g/mol. The summed E-state index contributed by atoms with van der Waals surface area (Å²) in [4.78, 5) is 0. The highest BCUT2D eigenvalue weighted by molar-refractivity contribution is 5.16. The van der Waals surface area contributed by atoms with Crippen LogP contribution in [-0.2, 0) is 6.42 Å². The Hall–Kier alpha value is -0.930. The number of hydrogen-bond acceptors (Lipinski definition) is 2. The summed E-state index contributed by atoms with van der Waals surface area (Å²) in [6, 6.07) is 6.47. The number of halogens is 1. The molecular weight excluding hydrogens is 181 g/mol. The van der Waals surface area contributed by atoms with Crippen LogP contribution >= 0.6 is 0 Å². The molecule has 0 aliphatic heterocycles. The molecule has 0 bridgehead atoms. The van der Waals surface area contributed by atoms with Crippen molar-refractivity contribution in [2.75, 3.05) is 13.1 Å². The van der Waals surface area contributed by atoms with E-state index in [1.807, 2.05) is 13.0 Å². The van der Waals surface area contributed by atoms with E-state index < -0.39 is 0 Å². The lowest BCUT2D eigenvalue weighted by Crippen LogP contribution is -2.22. The van der Waals surface area contributed by atoms with Gasteiger partial charge in [0.15, 0.2) is 0 Å². The smallest absolute Gasteiger partial charge is 0.123 e. The minimum atomic E-state index is -0.220. The molecule has 1 aromatic rings. The summed E-state index contributed by atoms with van der Waals surface area (Å²) in [5.74, 6) is -0.220. The van der Waals surface area contributed by atoms with E-state index in [2.05, 4.69) is 0 Å². The predicted octanol–water partition coefficient (Wildman–Crippen LogP) is 2.47. The van der Waals surface area contributed by atoms with Crippen LogP contribution in [0, 0.1) is 5.82 Å². The SMILES string of the molecule is CCCN(O)CCc1cccc(F)c1. The second-order valence-electron chi connectivity index (χ2n) is 3.33. The van der Waals surface area contributed by atoms with Gasteiger partial charge >= 0.3 is 0 Å². The lowest BCUT2D eigenvalue weighted by molar-refractivity contribution is -0.0893. The molecule has 78 valence electrons. The fourth-order valence-electron chi connectivity index (χ4n) is 1.32. The lowest BCUT2D eigenvalue weighted by atomic mass is 10.1. The predicted molar refractivity (Wildman–Crippen MR) is 53.8 cm³/mol. The van der Waals surface area contributed by atoms with Crippen molar-refractivity contribution in [3.8, 4) is 0 Å². The summed E-state index contributed by atoms with van der Waals surface area (Å²) in [6.07, 6.45) is 1.59. The molecule has 0 amide bonds. The Morgan fingerprint density at radius 3 is 2.79 bits per heavy atom. The highest BCUT2D eigenvalue weighted by Gasteiger charge is 2.00. The first-order valence-electron chi connectivity index (χ1n) is 4.90. The zero-order valence-electron chi connectivity index (χ0n) is 8.41. The Kier molecular flexibility index (Phi) is 4.56. The van der Waals surface area contributed by atoms with Gasteiger partial charge < -0.3 is 5.21 Å². The fraction of sp³-hybridized carbons (Fsp3) is 0.455. The molecule has 0 aliphatic carbocycles. The minimum absolute atomic E-state index is 0.220. The van der Waals surface area contributed by atoms with Gasteiger partial charge in [0.25, 0.3) is 0 Å². The third-order valence-corrected chi connectivity index (χ3v) is 2.03. The van der Waals surface area contributed by atoms with Gasteiger partial charge in [0.05, 0.1) is 0 Å². The molecular formula is C11H16FNO. The van der Waals surface area contributed by atoms with Crippen LogP contribution in [0.25, 0.3) is 0 Å². The van der Waals surface area contributed by atoms with Crippen molar-refractivity contribution >= 4 is 0 Å². The zero-order chi connectivity index (χ0) is 10.4. The normalized spacial score (nSPS) is 10.9. The monoisotopic (exact) mass is 197 g/mol. The summed E-state index contributed by atoms with van der Waals surface area (Å²) in [5.41, 5.74) is 0.917. The van der Waals surface area contributed by atoms with E-state index in [-0.39, 0.29) is 5.82 Å². The first-order chi connectivity index (χ1) is 6.72. The Morgan fingerprint density at radius 2 is 2.14 bits per heavy atom. The summed E-state index contributed by atoms with van der Waals surface area (Å²) < 4.78 is 12.8. The molecule has 0 fully saturated rings. The van der Waals surface area contributed by atoms with Gasteiger partial charge in [-0.3, -0.25) is 0 Å². The molecule has 0 atom stereocenters. The van der Waals surface area contributed by atoms with Crippen molar-refractivity contribution < 1.29 is 9.60 Å². The quantitative estimate of drug-likeness (QED) is 0.733. The molecule has 1 N–H and O–H groups in total. The molecule has 14 heavy (non-hydrogen) atoms. The molecule has 0 aromatic heterocycles. The van der Waals surface area contributed by atoms with Gasteiger partial charge in [0, 0.05) is 13.1 Å². The maximum Gasteiger partial charge on any atom is 0.123 e. The standard InChI is InChI=1S/C11H16FNO/c1-2-7-13(14)8-6-10-4-3-5-11(12)9-10/h3-5,9,14H,2,6-8H2,1H3. The first-order valence-corrected chi connectivity index (χ1v) is 4.90. The summed E-state index contributed by atoms with van der Waals surface area (Å²) in [6.45, 7) is 3.22. The molecule has 2 nitrogen and oxygen atoms in total. The van der Waals surface area contributed by atoms with Gasteiger partial charge in [0.1, 0.15) is 5.82 Å². The van der Waals surface area contributed by atoms with Gasteiger partial charge in [-0.05, 0) is 30.5 Å². The van der Waals surface area contributed by atoms with E-state index in [1.54, 1.807) is 6.07 Å². The van der Waals surface area contributed by atoms with Gasteiger partial charge in [-0.2, -0.15) is 5.06 Å². The van der Waals surface area contributed by atoms with Gasteiger partial charge in [-0.25, -0.2) is 4.39 Å². The molecule has 0 saturated heterocycles. The lowest BCUT2D eigenvalue weighted by Gasteiger charge is -2.12. The van der Waals surface area contributed by atoms with Crippen molar-refractivity contribution in [2.45, 2.75) is 19.8 Å². The molecule has 0 saturated carbocycles. The average Bonchev–Trinajstić information content (AvgIpc) is 2.15. The van der Waals surface area contributed by atoms with Crippen molar-refractivity contribution in [3.63, 3.8) is 0 Å². The second kappa shape index (κ2) is 5.73. The van der Waals surface area contributed by atoms with Crippen LogP contribution in [-0.4, -0.2) is 23.4 Å². The number of benzene rings is 1. The zero-order valence-corrected chi connectivity index (χ0v) is 8.41. The summed E-state index contributed by atoms with van der Waals surface area (Å²) in [7, 11) is 0. The van der Waals surface area contributed by atoms with E-state index in [1.165, 1.54) is 17.2 Å². The highest BCUT2D eigenvalue weighted by Crippen LogP contribution is 2.04. The molecule has 0 unspecified atom stereocenters. The number of nitrogens with zero attached hydrogens (tertiary/aromatic N) is 1. The molecule has 0 aliphatic rings. The Balaban J connectivity index is 2.37. The molecule has 0 heterocycles. The molecule has 1 aromatic carbocycles. The van der Waals surface area contributed by atoms with Crippen molar-refractivity contribution in [1.29, 1.82) is 0 Å². The third kappa shape index (κ3) is 3.85. The van der Waals surface area contributed by atoms with Crippen LogP contribution in [0.1, 0.15) is 18.9 Å². The number of hydrogen-bond donors (Lipinski definition) is 1. The van der Waals surface area contributed by atoms with E-state index in [4.69, 9.17) is 0 Å². The van der Waals surface area contributed by atoms with Crippen LogP contribution in [0.15, 0.2) is 24.3 Å². The molecule has 1 rings (SSSR count). The Morgan fingerprint density at radius 1 is 1.36 bits per heavy atom.